The predicted molar refractivity (Wildman–Crippen MR) is 70.4 cm³/mol. The van der Waals surface area contributed by atoms with Crippen molar-refractivity contribution in [1.82, 2.24) is 9.97 Å². The molecule has 1 aromatic heterocycles. The molecule has 1 aromatic carbocycles. The summed E-state index contributed by atoms with van der Waals surface area (Å²) in [5.74, 6) is 2.19. The van der Waals surface area contributed by atoms with Crippen LogP contribution in [0.5, 0.6) is 5.75 Å². The van der Waals surface area contributed by atoms with Crippen LogP contribution >= 0.6 is 0 Å². The molecule has 0 atom stereocenters. The highest BCUT2D eigenvalue weighted by Gasteiger charge is 2.12. The highest BCUT2D eigenvalue weighted by molar-refractivity contribution is 5.64. The van der Waals surface area contributed by atoms with Crippen LogP contribution in [-0.4, -0.2) is 16.6 Å². The summed E-state index contributed by atoms with van der Waals surface area (Å²) in [6, 6.07) is 7.97. The number of nitrogens with zero attached hydrogens (tertiary/aromatic N) is 2. The van der Waals surface area contributed by atoms with Gasteiger partial charge in [0.25, 0.3) is 0 Å². The number of anilines is 1. The summed E-state index contributed by atoms with van der Waals surface area (Å²) in [6.07, 6.45) is 2.13. The van der Waals surface area contributed by atoms with Gasteiger partial charge in [0.2, 0.25) is 0 Å². The first-order valence-electron chi connectivity index (χ1n) is 6.09. The van der Waals surface area contributed by atoms with Crippen LogP contribution in [0, 0.1) is 6.92 Å². The number of aromatic nitrogens is 2. The molecule has 0 bridgehead atoms. The predicted octanol–water partition coefficient (Wildman–Crippen LogP) is 2.36. The molecule has 0 amide bonds. The number of benzene rings is 1. The zero-order valence-electron chi connectivity index (χ0n) is 10.3. The van der Waals surface area contributed by atoms with Gasteiger partial charge in [-0.15, -0.1) is 0 Å². The maximum absolute atomic E-state index is 5.76. The lowest BCUT2D eigenvalue weighted by atomic mass is 10.0. The van der Waals surface area contributed by atoms with Crippen LogP contribution < -0.4 is 10.5 Å². The Morgan fingerprint density at radius 3 is 2.94 bits per heavy atom. The molecule has 2 aromatic rings. The van der Waals surface area contributed by atoms with Gasteiger partial charge in [-0.2, -0.15) is 0 Å². The second-order valence-electron chi connectivity index (χ2n) is 4.50. The van der Waals surface area contributed by atoms with E-state index >= 15 is 0 Å². The number of aryl methyl sites for hydroxylation is 2. The molecule has 3 rings (SSSR count). The summed E-state index contributed by atoms with van der Waals surface area (Å²) in [6.45, 7) is 2.66. The summed E-state index contributed by atoms with van der Waals surface area (Å²) in [5.41, 5.74) is 8.94. The molecule has 0 saturated carbocycles. The average molecular weight is 241 g/mol. The van der Waals surface area contributed by atoms with Crippen LogP contribution in [0.4, 0.5) is 5.82 Å². The third kappa shape index (κ3) is 2.01. The Labute approximate surface area is 106 Å². The largest absolute Gasteiger partial charge is 0.493 e. The van der Waals surface area contributed by atoms with Crippen molar-refractivity contribution in [3.05, 3.63) is 35.7 Å². The van der Waals surface area contributed by atoms with Gasteiger partial charge in [0.15, 0.2) is 0 Å². The Bertz CT molecular complexity index is 575. The molecule has 0 unspecified atom stereocenters. The quantitative estimate of drug-likeness (QED) is 0.832. The first-order chi connectivity index (χ1) is 8.72. The van der Waals surface area contributed by atoms with Gasteiger partial charge in [0, 0.05) is 11.6 Å². The van der Waals surface area contributed by atoms with Crippen LogP contribution in [0.3, 0.4) is 0 Å². The topological polar surface area (TPSA) is 61.0 Å². The van der Waals surface area contributed by atoms with Gasteiger partial charge in [-0.25, -0.2) is 9.97 Å². The van der Waals surface area contributed by atoms with E-state index in [1.807, 2.05) is 19.1 Å². The van der Waals surface area contributed by atoms with E-state index in [0.29, 0.717) is 11.6 Å². The monoisotopic (exact) mass is 241 g/mol. The fourth-order valence-corrected chi connectivity index (χ4v) is 2.26. The van der Waals surface area contributed by atoms with Crippen molar-refractivity contribution in [1.29, 1.82) is 0 Å². The molecular formula is C14H15N3O. The number of nitrogens with two attached hydrogens (primary N) is 1. The van der Waals surface area contributed by atoms with Crippen LogP contribution in [0.15, 0.2) is 24.3 Å². The molecule has 2 heterocycles. The minimum absolute atomic E-state index is 0.506. The molecule has 0 saturated heterocycles. The molecule has 18 heavy (non-hydrogen) atoms. The highest BCUT2D eigenvalue weighted by Crippen LogP contribution is 2.29. The van der Waals surface area contributed by atoms with Crippen molar-refractivity contribution in [2.45, 2.75) is 19.8 Å². The molecule has 0 aliphatic carbocycles. The van der Waals surface area contributed by atoms with E-state index in [-0.39, 0.29) is 0 Å². The Morgan fingerprint density at radius 1 is 1.22 bits per heavy atom. The van der Waals surface area contributed by atoms with Crippen LogP contribution in [0.25, 0.3) is 11.3 Å². The minimum Gasteiger partial charge on any atom is -0.493 e. The first kappa shape index (κ1) is 11.0. The second-order valence-corrected chi connectivity index (χ2v) is 4.50. The number of ether oxygens (including phenoxy) is 1. The van der Waals surface area contributed by atoms with Gasteiger partial charge in [-0.1, -0.05) is 0 Å². The molecule has 2 N–H and O–H groups in total. The maximum Gasteiger partial charge on any atom is 0.128 e. The van der Waals surface area contributed by atoms with Gasteiger partial charge in [0.05, 0.1) is 12.3 Å². The van der Waals surface area contributed by atoms with Crippen molar-refractivity contribution in [3.63, 3.8) is 0 Å². The lowest BCUT2D eigenvalue weighted by molar-refractivity contribution is 0.288. The van der Waals surface area contributed by atoms with Gasteiger partial charge >= 0.3 is 0 Å². The maximum atomic E-state index is 5.76. The number of hydrogen-bond acceptors (Lipinski definition) is 4. The molecule has 4 heteroatoms. The summed E-state index contributed by atoms with van der Waals surface area (Å²) < 4.78 is 5.60. The van der Waals surface area contributed by atoms with E-state index in [9.17, 15) is 0 Å². The molecule has 92 valence electrons. The van der Waals surface area contributed by atoms with Crippen LogP contribution in [-0.2, 0) is 6.42 Å². The Kier molecular flexibility index (Phi) is 2.63. The van der Waals surface area contributed by atoms with Gasteiger partial charge in [0.1, 0.15) is 17.4 Å². The number of rotatable bonds is 1. The molecular weight excluding hydrogens is 226 g/mol. The average Bonchev–Trinajstić information content (AvgIpc) is 2.37. The van der Waals surface area contributed by atoms with Crippen molar-refractivity contribution in [2.24, 2.45) is 0 Å². The zero-order chi connectivity index (χ0) is 12.5. The summed E-state index contributed by atoms with van der Waals surface area (Å²) in [4.78, 5) is 8.51. The normalized spacial score (nSPS) is 13.8. The number of fused-ring (bicyclic) bond motifs is 1. The van der Waals surface area contributed by atoms with E-state index in [1.54, 1.807) is 6.07 Å². The van der Waals surface area contributed by atoms with Gasteiger partial charge in [-0.05, 0) is 43.5 Å². The number of nitrogen functional groups attached to an aromatic ring is 1. The Morgan fingerprint density at radius 2 is 2.11 bits per heavy atom. The van der Waals surface area contributed by atoms with E-state index in [2.05, 4.69) is 16.0 Å². The molecule has 0 radical (unpaired) electrons. The summed E-state index contributed by atoms with van der Waals surface area (Å²) >= 11 is 0. The third-order valence-electron chi connectivity index (χ3n) is 3.06. The van der Waals surface area contributed by atoms with E-state index in [4.69, 9.17) is 10.5 Å². The Hall–Kier alpha value is -2.10. The summed E-state index contributed by atoms with van der Waals surface area (Å²) in [5, 5.41) is 0. The number of hydrogen-bond donors (Lipinski definition) is 1. The second kappa shape index (κ2) is 4.29. The van der Waals surface area contributed by atoms with Crippen LogP contribution in [0.2, 0.25) is 0 Å². The van der Waals surface area contributed by atoms with Gasteiger partial charge in [-0.3, -0.25) is 0 Å². The zero-order valence-corrected chi connectivity index (χ0v) is 10.3. The van der Waals surface area contributed by atoms with E-state index in [0.717, 1.165) is 36.5 Å². The Balaban J connectivity index is 2.06. The van der Waals surface area contributed by atoms with Crippen molar-refractivity contribution in [2.75, 3.05) is 12.3 Å². The SMILES string of the molecule is Cc1nc(N)cc(-c2ccc3c(c2)CCCO3)n1. The lowest BCUT2D eigenvalue weighted by Crippen LogP contribution is -2.08. The third-order valence-corrected chi connectivity index (χ3v) is 3.06. The fraction of sp³-hybridized carbons (Fsp3) is 0.286. The first-order valence-corrected chi connectivity index (χ1v) is 6.09. The summed E-state index contributed by atoms with van der Waals surface area (Å²) in [7, 11) is 0. The fourth-order valence-electron chi connectivity index (χ4n) is 2.26. The molecule has 4 nitrogen and oxygen atoms in total. The molecule has 0 spiro atoms. The van der Waals surface area contributed by atoms with Crippen LogP contribution in [0.1, 0.15) is 17.8 Å². The lowest BCUT2D eigenvalue weighted by Gasteiger charge is -2.17. The van der Waals surface area contributed by atoms with Gasteiger partial charge < -0.3 is 10.5 Å². The minimum atomic E-state index is 0.506. The van der Waals surface area contributed by atoms with E-state index in [1.165, 1.54) is 5.56 Å². The molecule has 1 aliphatic heterocycles. The van der Waals surface area contributed by atoms with Crippen molar-refractivity contribution in [3.8, 4) is 17.0 Å². The molecule has 1 aliphatic rings. The standard InChI is InChI=1S/C14H15N3O/c1-9-16-12(8-14(15)17-9)10-4-5-13-11(7-10)3-2-6-18-13/h4-5,7-8H,2-3,6H2,1H3,(H2,15,16,17). The molecule has 0 fully saturated rings. The smallest absolute Gasteiger partial charge is 0.128 e. The van der Waals surface area contributed by atoms with Crippen molar-refractivity contribution >= 4 is 5.82 Å². The highest BCUT2D eigenvalue weighted by atomic mass is 16.5. The van der Waals surface area contributed by atoms with E-state index < -0.39 is 0 Å². The van der Waals surface area contributed by atoms with Crippen molar-refractivity contribution < 1.29 is 4.74 Å².